The molecule has 0 bridgehead atoms. The summed E-state index contributed by atoms with van der Waals surface area (Å²) in [5.41, 5.74) is 3.24. The number of fused-ring (bicyclic) bond motifs is 1. The molecule has 7 nitrogen and oxygen atoms in total. The molecule has 2 aromatic carbocycles. The predicted octanol–water partition coefficient (Wildman–Crippen LogP) is 2.02. The first kappa shape index (κ1) is 20.0. The Morgan fingerprint density at radius 1 is 1.16 bits per heavy atom. The van der Waals surface area contributed by atoms with Gasteiger partial charge in [0.25, 0.3) is 0 Å². The lowest BCUT2D eigenvalue weighted by Gasteiger charge is -2.38. The Hall–Kier alpha value is -2.97. The first-order valence-electron chi connectivity index (χ1n) is 10.7. The SMILES string of the molecule is Cn1c(-c2cc(N3CCN(C(=O)[C@H]4COCCN4)CC3)ccc2F)nc2ccccc21. The largest absolute Gasteiger partial charge is 0.378 e. The van der Waals surface area contributed by atoms with E-state index in [1.807, 2.05) is 46.8 Å². The molecule has 8 heteroatoms. The van der Waals surface area contributed by atoms with E-state index in [2.05, 4.69) is 15.2 Å². The number of aryl methyl sites for hydroxylation is 1. The van der Waals surface area contributed by atoms with Crippen LogP contribution < -0.4 is 10.2 Å². The lowest BCUT2D eigenvalue weighted by atomic mass is 10.1. The molecule has 3 aromatic rings. The molecule has 5 rings (SSSR count). The van der Waals surface area contributed by atoms with E-state index in [1.54, 1.807) is 6.07 Å². The Labute approximate surface area is 180 Å². The van der Waals surface area contributed by atoms with Gasteiger partial charge in [0.2, 0.25) is 5.91 Å². The van der Waals surface area contributed by atoms with Gasteiger partial charge < -0.3 is 24.4 Å². The smallest absolute Gasteiger partial charge is 0.242 e. The molecule has 0 unspecified atom stereocenters. The zero-order valence-electron chi connectivity index (χ0n) is 17.6. The molecule has 31 heavy (non-hydrogen) atoms. The van der Waals surface area contributed by atoms with Crippen LogP contribution in [0.3, 0.4) is 0 Å². The number of hydrogen-bond acceptors (Lipinski definition) is 5. The fraction of sp³-hybridized carbons (Fsp3) is 0.391. The van der Waals surface area contributed by atoms with E-state index in [-0.39, 0.29) is 17.8 Å². The van der Waals surface area contributed by atoms with Gasteiger partial charge in [-0.05, 0) is 30.3 Å². The number of piperazine rings is 1. The highest BCUT2D eigenvalue weighted by Gasteiger charge is 2.29. The van der Waals surface area contributed by atoms with E-state index in [1.165, 1.54) is 6.07 Å². The lowest BCUT2D eigenvalue weighted by molar-refractivity contribution is -0.136. The number of benzene rings is 2. The van der Waals surface area contributed by atoms with Gasteiger partial charge in [-0.15, -0.1) is 0 Å². The third kappa shape index (κ3) is 3.77. The Bertz CT molecular complexity index is 1100. The van der Waals surface area contributed by atoms with Crippen LogP contribution in [0.15, 0.2) is 42.5 Å². The molecule has 2 saturated heterocycles. The molecule has 0 radical (unpaired) electrons. The Morgan fingerprint density at radius 2 is 1.97 bits per heavy atom. The van der Waals surface area contributed by atoms with E-state index < -0.39 is 0 Å². The van der Waals surface area contributed by atoms with E-state index in [4.69, 9.17) is 4.74 Å². The molecule has 0 aliphatic carbocycles. The van der Waals surface area contributed by atoms with Crippen LogP contribution >= 0.6 is 0 Å². The van der Waals surface area contributed by atoms with E-state index in [9.17, 15) is 9.18 Å². The quantitative estimate of drug-likeness (QED) is 0.699. The standard InChI is InChI=1S/C23H26FN5O2/c1-27-21-5-3-2-4-19(21)26-22(27)17-14-16(6-7-18(17)24)28-9-11-29(12-10-28)23(30)20-15-31-13-8-25-20/h2-7,14,20,25H,8-13,15H2,1H3/t20-/m1/s1. The molecule has 2 aliphatic heterocycles. The minimum absolute atomic E-state index is 0.0962. The van der Waals surface area contributed by atoms with E-state index >= 15 is 0 Å². The number of anilines is 1. The monoisotopic (exact) mass is 423 g/mol. The summed E-state index contributed by atoms with van der Waals surface area (Å²) >= 11 is 0. The zero-order chi connectivity index (χ0) is 21.4. The number of amides is 1. The van der Waals surface area contributed by atoms with Crippen molar-refractivity contribution < 1.29 is 13.9 Å². The van der Waals surface area contributed by atoms with Crippen LogP contribution in [0.5, 0.6) is 0 Å². The van der Waals surface area contributed by atoms with Crippen LogP contribution in [0.25, 0.3) is 22.4 Å². The van der Waals surface area contributed by atoms with Gasteiger partial charge in [0.15, 0.2) is 0 Å². The summed E-state index contributed by atoms with van der Waals surface area (Å²) in [4.78, 5) is 21.4. The average molecular weight is 423 g/mol. The number of imidazole rings is 1. The van der Waals surface area contributed by atoms with Gasteiger partial charge >= 0.3 is 0 Å². The summed E-state index contributed by atoms with van der Waals surface area (Å²) < 4.78 is 22.1. The van der Waals surface area contributed by atoms with E-state index in [0.29, 0.717) is 57.3 Å². The number of ether oxygens (including phenoxy) is 1. The van der Waals surface area contributed by atoms with Gasteiger partial charge in [-0.3, -0.25) is 4.79 Å². The van der Waals surface area contributed by atoms with Gasteiger partial charge in [0.1, 0.15) is 17.7 Å². The predicted molar refractivity (Wildman–Crippen MR) is 118 cm³/mol. The van der Waals surface area contributed by atoms with Crippen molar-refractivity contribution in [2.24, 2.45) is 7.05 Å². The van der Waals surface area contributed by atoms with Crippen molar-refractivity contribution in [3.8, 4) is 11.4 Å². The van der Waals surface area contributed by atoms with Crippen molar-refractivity contribution in [2.45, 2.75) is 6.04 Å². The number of para-hydroxylation sites is 2. The fourth-order valence-electron chi connectivity index (χ4n) is 4.40. The number of aromatic nitrogens is 2. The van der Waals surface area contributed by atoms with Gasteiger partial charge in [0.05, 0.1) is 29.8 Å². The molecular formula is C23H26FN5O2. The maximum atomic E-state index is 14.8. The third-order valence-corrected chi connectivity index (χ3v) is 6.15. The second kappa shape index (κ2) is 8.28. The summed E-state index contributed by atoms with van der Waals surface area (Å²) in [5.74, 6) is 0.413. The van der Waals surface area contributed by atoms with Gasteiger partial charge in [-0.2, -0.15) is 0 Å². The van der Waals surface area contributed by atoms with Crippen LogP contribution in [0.1, 0.15) is 0 Å². The molecule has 1 N–H and O–H groups in total. The van der Waals surface area contributed by atoms with Gasteiger partial charge in [0, 0.05) is 45.5 Å². The molecule has 1 atom stereocenters. The Balaban J connectivity index is 1.34. The Morgan fingerprint density at radius 3 is 2.71 bits per heavy atom. The molecule has 2 aliphatic rings. The van der Waals surface area contributed by atoms with Gasteiger partial charge in [-0.25, -0.2) is 9.37 Å². The van der Waals surface area contributed by atoms with Crippen molar-refractivity contribution in [3.63, 3.8) is 0 Å². The van der Waals surface area contributed by atoms with Crippen LogP contribution in [0.4, 0.5) is 10.1 Å². The van der Waals surface area contributed by atoms with Crippen LogP contribution in [0, 0.1) is 5.82 Å². The highest BCUT2D eigenvalue weighted by molar-refractivity contribution is 5.83. The maximum Gasteiger partial charge on any atom is 0.242 e. The number of nitrogens with one attached hydrogen (secondary N) is 1. The number of carbonyl (C=O) groups excluding carboxylic acids is 1. The summed E-state index contributed by atoms with van der Waals surface area (Å²) in [6.07, 6.45) is 0. The number of nitrogens with zero attached hydrogens (tertiary/aromatic N) is 4. The molecule has 162 valence electrons. The zero-order valence-corrected chi connectivity index (χ0v) is 17.6. The summed E-state index contributed by atoms with van der Waals surface area (Å²) in [5, 5.41) is 3.23. The number of carbonyl (C=O) groups is 1. The molecule has 3 heterocycles. The molecule has 1 amide bonds. The van der Waals surface area contributed by atoms with Crippen molar-refractivity contribution in [2.75, 3.05) is 50.8 Å². The van der Waals surface area contributed by atoms with Crippen LogP contribution in [-0.4, -0.2) is 72.3 Å². The number of hydrogen-bond donors (Lipinski definition) is 1. The van der Waals surface area contributed by atoms with Gasteiger partial charge in [-0.1, -0.05) is 12.1 Å². The van der Waals surface area contributed by atoms with Crippen molar-refractivity contribution in [1.29, 1.82) is 0 Å². The second-order valence-corrected chi connectivity index (χ2v) is 8.04. The number of morpholine rings is 1. The second-order valence-electron chi connectivity index (χ2n) is 8.04. The van der Waals surface area contributed by atoms with Crippen molar-refractivity contribution in [1.82, 2.24) is 19.8 Å². The first-order valence-corrected chi connectivity index (χ1v) is 10.7. The van der Waals surface area contributed by atoms with Crippen molar-refractivity contribution in [3.05, 3.63) is 48.3 Å². The summed E-state index contributed by atoms with van der Waals surface area (Å²) in [7, 11) is 1.91. The fourth-order valence-corrected chi connectivity index (χ4v) is 4.40. The molecular weight excluding hydrogens is 397 g/mol. The van der Waals surface area contributed by atoms with E-state index in [0.717, 1.165) is 16.7 Å². The molecule has 0 saturated carbocycles. The average Bonchev–Trinajstić information content (AvgIpc) is 3.16. The van der Waals surface area contributed by atoms with Crippen LogP contribution in [-0.2, 0) is 16.6 Å². The molecule has 2 fully saturated rings. The minimum atomic E-state index is -0.292. The topological polar surface area (TPSA) is 62.6 Å². The van der Waals surface area contributed by atoms with Crippen LogP contribution in [0.2, 0.25) is 0 Å². The Kier molecular flexibility index (Phi) is 5.33. The number of halogens is 1. The first-order chi connectivity index (χ1) is 15.1. The lowest BCUT2D eigenvalue weighted by Crippen LogP contribution is -2.57. The minimum Gasteiger partial charge on any atom is -0.378 e. The summed E-state index contributed by atoms with van der Waals surface area (Å²) in [6.45, 7) is 4.46. The maximum absolute atomic E-state index is 14.8. The highest BCUT2D eigenvalue weighted by atomic mass is 19.1. The highest BCUT2D eigenvalue weighted by Crippen LogP contribution is 2.30. The summed E-state index contributed by atoms with van der Waals surface area (Å²) in [6, 6.07) is 12.7. The third-order valence-electron chi connectivity index (χ3n) is 6.15. The normalized spacial score (nSPS) is 19.7. The molecule has 0 spiro atoms. The molecule has 1 aromatic heterocycles. The van der Waals surface area contributed by atoms with Crippen molar-refractivity contribution >= 4 is 22.6 Å². The number of rotatable bonds is 3.